The van der Waals surface area contributed by atoms with E-state index in [0.29, 0.717) is 18.4 Å². The number of amides is 2. The summed E-state index contributed by atoms with van der Waals surface area (Å²) < 4.78 is 0. The van der Waals surface area contributed by atoms with Gasteiger partial charge in [0.1, 0.15) is 0 Å². The maximum Gasteiger partial charge on any atom is 0.225 e. The number of carbonyl (C=O) groups excluding carboxylic acids is 2. The molecule has 0 saturated heterocycles. The average molecular weight is 341 g/mol. The summed E-state index contributed by atoms with van der Waals surface area (Å²) in [7, 11) is 1.68. The fourth-order valence-electron chi connectivity index (χ4n) is 2.64. The van der Waals surface area contributed by atoms with Crippen molar-refractivity contribution in [2.24, 2.45) is 16.2 Å². The van der Waals surface area contributed by atoms with Gasteiger partial charge in [-0.05, 0) is 42.9 Å². The summed E-state index contributed by atoms with van der Waals surface area (Å²) in [6, 6.07) is 0. The Hall–Kier alpha value is -1.06. The quantitative estimate of drug-likeness (QED) is 0.623. The molecule has 0 saturated carbocycles. The van der Waals surface area contributed by atoms with Crippen molar-refractivity contribution in [2.45, 2.75) is 87.0 Å². The largest absolute Gasteiger partial charge is 0.359 e. The van der Waals surface area contributed by atoms with Gasteiger partial charge in [0.05, 0.1) is 0 Å². The molecule has 0 radical (unpaired) electrons. The predicted octanol–water partition coefficient (Wildman–Crippen LogP) is 4.29. The second kappa shape index (κ2) is 9.43. The molecule has 142 valence electrons. The van der Waals surface area contributed by atoms with Crippen LogP contribution in [0.2, 0.25) is 0 Å². The summed E-state index contributed by atoms with van der Waals surface area (Å²) in [5.41, 5.74) is 0.0616. The average Bonchev–Trinajstić information content (AvgIpc) is 2.43. The molecule has 0 aliphatic heterocycles. The molecule has 0 unspecified atom stereocenters. The molecule has 0 aromatic heterocycles. The molecule has 0 aliphatic carbocycles. The highest BCUT2D eigenvalue weighted by Crippen LogP contribution is 2.33. The molecule has 0 aromatic carbocycles. The third-order valence-electron chi connectivity index (χ3n) is 4.72. The van der Waals surface area contributed by atoms with E-state index < -0.39 is 0 Å². The lowest BCUT2D eigenvalue weighted by Gasteiger charge is -2.30. The van der Waals surface area contributed by atoms with Crippen LogP contribution in [0.3, 0.4) is 0 Å². The second-order valence-corrected chi connectivity index (χ2v) is 9.64. The second-order valence-electron chi connectivity index (χ2n) is 9.64. The van der Waals surface area contributed by atoms with E-state index in [4.69, 9.17) is 0 Å². The molecule has 0 spiro atoms. The molecule has 4 nitrogen and oxygen atoms in total. The van der Waals surface area contributed by atoms with Crippen molar-refractivity contribution in [1.29, 1.82) is 0 Å². The Morgan fingerprint density at radius 1 is 0.833 bits per heavy atom. The van der Waals surface area contributed by atoms with Gasteiger partial charge in [0.25, 0.3) is 0 Å². The van der Waals surface area contributed by atoms with Crippen molar-refractivity contribution in [3.8, 4) is 0 Å². The highest BCUT2D eigenvalue weighted by atomic mass is 16.2. The highest BCUT2D eigenvalue weighted by molar-refractivity contribution is 5.81. The zero-order chi connectivity index (χ0) is 19.0. The number of rotatable bonds is 10. The van der Waals surface area contributed by atoms with E-state index in [1.54, 1.807) is 7.05 Å². The monoisotopic (exact) mass is 340 g/mol. The van der Waals surface area contributed by atoms with Crippen LogP contribution in [0.15, 0.2) is 0 Å². The van der Waals surface area contributed by atoms with E-state index in [0.717, 1.165) is 32.1 Å². The van der Waals surface area contributed by atoms with E-state index in [1.165, 1.54) is 0 Å². The number of nitrogens with one attached hydrogen (secondary N) is 2. The van der Waals surface area contributed by atoms with Crippen molar-refractivity contribution in [3.05, 3.63) is 0 Å². The molecule has 0 rings (SSSR count). The van der Waals surface area contributed by atoms with Gasteiger partial charge in [0.15, 0.2) is 0 Å². The summed E-state index contributed by atoms with van der Waals surface area (Å²) in [5, 5.41) is 5.77. The first kappa shape index (κ1) is 22.9. The minimum Gasteiger partial charge on any atom is -0.359 e. The summed E-state index contributed by atoms with van der Waals surface area (Å²) in [5.74, 6) is 0.242. The molecule has 2 N–H and O–H groups in total. The zero-order valence-corrected chi connectivity index (χ0v) is 17.3. The van der Waals surface area contributed by atoms with E-state index in [1.807, 2.05) is 13.8 Å². The Bertz CT molecular complexity index is 406. The third kappa shape index (κ3) is 10.7. The lowest BCUT2D eigenvalue weighted by Crippen LogP contribution is -2.35. The molecule has 0 atom stereocenters. The van der Waals surface area contributed by atoms with Crippen LogP contribution in [0.5, 0.6) is 0 Å². The molecule has 0 bridgehead atoms. The fraction of sp³-hybridized carbons (Fsp3) is 0.900. The van der Waals surface area contributed by atoms with Gasteiger partial charge in [-0.15, -0.1) is 0 Å². The van der Waals surface area contributed by atoms with Gasteiger partial charge in [-0.3, -0.25) is 9.59 Å². The third-order valence-corrected chi connectivity index (χ3v) is 4.72. The molecule has 24 heavy (non-hydrogen) atoms. The standard InChI is InChI=1S/C20H40N2O2/c1-18(2,3)11-9-10-16(23)22-15-14-19(4,5)12-13-20(6,7)17(24)21-8/h9-15H2,1-8H3,(H,21,24)(H,22,23). The first-order chi connectivity index (χ1) is 10.8. The zero-order valence-electron chi connectivity index (χ0n) is 17.3. The summed E-state index contributed by atoms with van der Waals surface area (Å²) >= 11 is 0. The molecule has 2 amide bonds. The van der Waals surface area contributed by atoms with Gasteiger partial charge in [-0.2, -0.15) is 0 Å². The highest BCUT2D eigenvalue weighted by Gasteiger charge is 2.29. The van der Waals surface area contributed by atoms with E-state index in [2.05, 4.69) is 45.3 Å². The fourth-order valence-corrected chi connectivity index (χ4v) is 2.64. The molecule has 0 aromatic rings. The topological polar surface area (TPSA) is 58.2 Å². The van der Waals surface area contributed by atoms with Gasteiger partial charge in [-0.25, -0.2) is 0 Å². The van der Waals surface area contributed by atoms with Crippen LogP contribution in [0.4, 0.5) is 0 Å². The van der Waals surface area contributed by atoms with Crippen LogP contribution >= 0.6 is 0 Å². The van der Waals surface area contributed by atoms with Crippen molar-refractivity contribution < 1.29 is 9.59 Å². The van der Waals surface area contributed by atoms with Crippen LogP contribution in [-0.2, 0) is 9.59 Å². The minimum atomic E-state index is -0.345. The van der Waals surface area contributed by atoms with E-state index >= 15 is 0 Å². The first-order valence-electron chi connectivity index (χ1n) is 9.28. The van der Waals surface area contributed by atoms with Crippen LogP contribution in [-0.4, -0.2) is 25.4 Å². The van der Waals surface area contributed by atoms with Gasteiger partial charge >= 0.3 is 0 Å². The Morgan fingerprint density at radius 2 is 1.42 bits per heavy atom. The van der Waals surface area contributed by atoms with Crippen LogP contribution in [0, 0.1) is 16.2 Å². The first-order valence-corrected chi connectivity index (χ1v) is 9.28. The lowest BCUT2D eigenvalue weighted by molar-refractivity contribution is -0.129. The SMILES string of the molecule is CNC(=O)C(C)(C)CCC(C)(C)CCNC(=O)CCCC(C)(C)C. The van der Waals surface area contributed by atoms with Crippen LogP contribution < -0.4 is 10.6 Å². The Kier molecular flexibility index (Phi) is 9.01. The van der Waals surface area contributed by atoms with Crippen molar-refractivity contribution in [1.82, 2.24) is 10.6 Å². The molecule has 4 heteroatoms. The van der Waals surface area contributed by atoms with Crippen LogP contribution in [0.1, 0.15) is 87.0 Å². The number of hydrogen-bond acceptors (Lipinski definition) is 2. The Balaban J connectivity index is 4.07. The molecule has 0 fully saturated rings. The lowest BCUT2D eigenvalue weighted by atomic mass is 9.77. The van der Waals surface area contributed by atoms with Crippen molar-refractivity contribution in [2.75, 3.05) is 13.6 Å². The Morgan fingerprint density at radius 3 is 1.92 bits per heavy atom. The van der Waals surface area contributed by atoms with Gasteiger partial charge in [-0.1, -0.05) is 48.5 Å². The maximum atomic E-state index is 11.9. The predicted molar refractivity (Wildman–Crippen MR) is 102 cm³/mol. The van der Waals surface area contributed by atoms with E-state index in [-0.39, 0.29) is 22.6 Å². The minimum absolute atomic E-state index is 0.0884. The Labute approximate surface area is 149 Å². The van der Waals surface area contributed by atoms with Gasteiger partial charge < -0.3 is 10.6 Å². The molecular weight excluding hydrogens is 300 g/mol. The van der Waals surface area contributed by atoms with Gasteiger partial charge in [0.2, 0.25) is 11.8 Å². The summed E-state index contributed by atoms with van der Waals surface area (Å²) in [6.45, 7) is 15.7. The van der Waals surface area contributed by atoms with Crippen molar-refractivity contribution in [3.63, 3.8) is 0 Å². The van der Waals surface area contributed by atoms with Gasteiger partial charge in [0, 0.05) is 25.4 Å². The molecule has 0 aliphatic rings. The molecular formula is C20H40N2O2. The normalized spacial score (nSPS) is 12.8. The van der Waals surface area contributed by atoms with E-state index in [9.17, 15) is 9.59 Å². The molecule has 0 heterocycles. The maximum absolute atomic E-state index is 11.9. The number of hydrogen-bond donors (Lipinski definition) is 2. The summed E-state index contributed by atoms with van der Waals surface area (Å²) in [4.78, 5) is 23.8. The van der Waals surface area contributed by atoms with Crippen molar-refractivity contribution >= 4 is 11.8 Å². The summed E-state index contributed by atoms with van der Waals surface area (Å²) in [6.07, 6.45) is 5.37. The number of carbonyl (C=O) groups is 2. The van der Waals surface area contributed by atoms with Crippen LogP contribution in [0.25, 0.3) is 0 Å². The smallest absolute Gasteiger partial charge is 0.225 e.